The van der Waals surface area contributed by atoms with Gasteiger partial charge in [0.25, 0.3) is 0 Å². The second-order valence-corrected chi connectivity index (χ2v) is 6.24. The van der Waals surface area contributed by atoms with Gasteiger partial charge >= 0.3 is 0 Å². The van der Waals surface area contributed by atoms with Gasteiger partial charge in [0.2, 0.25) is 0 Å². The van der Waals surface area contributed by atoms with E-state index in [1.54, 1.807) is 23.9 Å². The second-order valence-electron chi connectivity index (χ2n) is 4.14. The predicted octanol–water partition coefficient (Wildman–Crippen LogP) is 5.63. The van der Waals surface area contributed by atoms with Crippen molar-refractivity contribution in [3.8, 4) is 5.75 Å². The monoisotopic (exact) mass is 360 g/mol. The number of carbonyl (C=O) groups excluding carboxylic acids is 1. The van der Waals surface area contributed by atoms with Gasteiger partial charge in [-0.2, -0.15) is 0 Å². The molecule has 110 valence electrons. The smallest absolute Gasteiger partial charge is 0.200 e. The Bertz CT molecular complexity index is 657. The molecule has 0 radical (unpaired) electrons. The van der Waals surface area contributed by atoms with Crippen LogP contribution in [0.15, 0.2) is 41.3 Å². The Labute approximate surface area is 142 Å². The van der Waals surface area contributed by atoms with E-state index in [-0.39, 0.29) is 12.4 Å². The van der Waals surface area contributed by atoms with Gasteiger partial charge in [-0.1, -0.05) is 46.9 Å². The lowest BCUT2D eigenvalue weighted by Crippen LogP contribution is -2.11. The van der Waals surface area contributed by atoms with E-state index < -0.39 is 0 Å². The summed E-state index contributed by atoms with van der Waals surface area (Å²) in [5.74, 6) is 0.199. The standard InChI is InChI=1S/C15H11Cl3O2S/c1-21-10-4-2-9(3-5-10)14(19)8-20-15-7-12(17)11(16)6-13(15)18/h2-7H,8H2,1H3. The van der Waals surface area contributed by atoms with Gasteiger partial charge < -0.3 is 4.74 Å². The minimum absolute atomic E-state index is 0.115. The number of carbonyl (C=O) groups is 1. The summed E-state index contributed by atoms with van der Waals surface area (Å²) in [5.41, 5.74) is 0.587. The Hall–Kier alpha value is -0.870. The molecule has 21 heavy (non-hydrogen) atoms. The summed E-state index contributed by atoms with van der Waals surface area (Å²) < 4.78 is 5.42. The lowest BCUT2D eigenvalue weighted by molar-refractivity contribution is 0.0921. The molecule has 0 saturated carbocycles. The largest absolute Gasteiger partial charge is 0.484 e. The van der Waals surface area contributed by atoms with Crippen LogP contribution in [-0.4, -0.2) is 18.6 Å². The van der Waals surface area contributed by atoms with Crippen molar-refractivity contribution in [3.63, 3.8) is 0 Å². The minimum atomic E-state index is -0.134. The molecule has 0 atom stereocenters. The van der Waals surface area contributed by atoms with Crippen molar-refractivity contribution in [1.82, 2.24) is 0 Å². The fraction of sp³-hybridized carbons (Fsp3) is 0.133. The predicted molar refractivity (Wildman–Crippen MR) is 89.5 cm³/mol. The van der Waals surface area contributed by atoms with Crippen LogP contribution in [0.3, 0.4) is 0 Å². The van der Waals surface area contributed by atoms with E-state index in [4.69, 9.17) is 39.5 Å². The number of thioether (sulfide) groups is 1. The topological polar surface area (TPSA) is 26.3 Å². The number of halogens is 3. The average molecular weight is 362 g/mol. The molecule has 2 rings (SSSR count). The average Bonchev–Trinajstić information content (AvgIpc) is 2.49. The second kappa shape index (κ2) is 7.41. The molecule has 2 nitrogen and oxygen atoms in total. The van der Waals surface area contributed by atoms with Crippen molar-refractivity contribution in [3.05, 3.63) is 57.0 Å². The molecule has 0 fully saturated rings. The summed E-state index contributed by atoms with van der Waals surface area (Å²) in [7, 11) is 0. The lowest BCUT2D eigenvalue weighted by Gasteiger charge is -2.09. The Morgan fingerprint density at radius 1 is 1.05 bits per heavy atom. The maximum absolute atomic E-state index is 12.0. The normalized spacial score (nSPS) is 10.5. The van der Waals surface area contributed by atoms with E-state index in [1.807, 2.05) is 18.4 Å². The summed E-state index contributed by atoms with van der Waals surface area (Å²) in [6.07, 6.45) is 1.98. The zero-order chi connectivity index (χ0) is 15.4. The van der Waals surface area contributed by atoms with Crippen LogP contribution in [0.5, 0.6) is 5.75 Å². The molecular formula is C15H11Cl3O2S. The molecule has 0 bridgehead atoms. The molecule has 2 aromatic carbocycles. The highest BCUT2D eigenvalue weighted by Gasteiger charge is 2.11. The molecule has 0 spiro atoms. The molecule has 6 heteroatoms. The SMILES string of the molecule is CSc1ccc(C(=O)COc2cc(Cl)c(Cl)cc2Cl)cc1. The van der Waals surface area contributed by atoms with Crippen LogP contribution in [0.2, 0.25) is 15.1 Å². The minimum Gasteiger partial charge on any atom is -0.484 e. The zero-order valence-corrected chi connectivity index (χ0v) is 14.1. The molecule has 0 aromatic heterocycles. The van der Waals surface area contributed by atoms with Gasteiger partial charge in [0.05, 0.1) is 15.1 Å². The first kappa shape index (κ1) is 16.5. The van der Waals surface area contributed by atoms with Crippen molar-refractivity contribution >= 4 is 52.3 Å². The van der Waals surface area contributed by atoms with Crippen LogP contribution in [0, 0.1) is 0 Å². The highest BCUT2D eigenvalue weighted by molar-refractivity contribution is 7.98. The fourth-order valence-corrected chi connectivity index (χ4v) is 2.62. The number of rotatable bonds is 5. The van der Waals surface area contributed by atoms with Gasteiger partial charge in [-0.15, -0.1) is 11.8 Å². The third-order valence-corrected chi connectivity index (χ3v) is 4.51. The summed E-state index contributed by atoms with van der Waals surface area (Å²) in [5, 5.41) is 0.982. The Balaban J connectivity index is 2.05. The molecule has 0 aliphatic carbocycles. The molecule has 0 N–H and O–H groups in total. The summed E-state index contributed by atoms with van der Waals surface area (Å²) in [6.45, 7) is -0.115. The molecule has 0 heterocycles. The Morgan fingerprint density at radius 3 is 2.29 bits per heavy atom. The molecule has 0 amide bonds. The van der Waals surface area contributed by atoms with Crippen molar-refractivity contribution in [1.29, 1.82) is 0 Å². The van der Waals surface area contributed by atoms with Crippen LogP contribution in [0.4, 0.5) is 0 Å². The summed E-state index contributed by atoms with van der Waals surface area (Å²) in [4.78, 5) is 13.1. The molecule has 0 aliphatic heterocycles. The first-order valence-corrected chi connectivity index (χ1v) is 8.31. The van der Waals surface area contributed by atoms with Crippen LogP contribution in [-0.2, 0) is 0 Å². The maximum Gasteiger partial charge on any atom is 0.200 e. The van der Waals surface area contributed by atoms with Crippen LogP contribution < -0.4 is 4.74 Å². The molecule has 0 aliphatic rings. The Kier molecular flexibility index (Phi) is 5.82. The van der Waals surface area contributed by atoms with Crippen LogP contribution in [0.25, 0.3) is 0 Å². The van der Waals surface area contributed by atoms with E-state index in [1.165, 1.54) is 12.1 Å². The third kappa shape index (κ3) is 4.30. The maximum atomic E-state index is 12.0. The molecule has 2 aromatic rings. The fourth-order valence-electron chi connectivity index (χ4n) is 1.62. The summed E-state index contributed by atoms with van der Waals surface area (Å²) >= 11 is 19.3. The first-order valence-electron chi connectivity index (χ1n) is 5.96. The van der Waals surface area contributed by atoms with Gasteiger partial charge in [-0.3, -0.25) is 4.79 Å². The summed E-state index contributed by atoms with van der Waals surface area (Å²) in [6, 6.07) is 10.3. The Morgan fingerprint density at radius 2 is 1.67 bits per heavy atom. The van der Waals surface area contributed by atoms with Crippen molar-refractivity contribution < 1.29 is 9.53 Å². The van der Waals surface area contributed by atoms with Gasteiger partial charge in [-0.05, 0) is 24.5 Å². The number of Topliss-reactive ketones (excluding diaryl/α,β-unsaturated/α-hetero) is 1. The van der Waals surface area contributed by atoms with Crippen molar-refractivity contribution in [2.45, 2.75) is 4.90 Å². The number of hydrogen-bond acceptors (Lipinski definition) is 3. The van der Waals surface area contributed by atoms with Gasteiger partial charge in [0.1, 0.15) is 5.75 Å². The molecule has 0 saturated heterocycles. The van der Waals surface area contributed by atoms with Gasteiger partial charge in [0, 0.05) is 16.5 Å². The number of hydrogen-bond donors (Lipinski definition) is 0. The highest BCUT2D eigenvalue weighted by atomic mass is 35.5. The van der Waals surface area contributed by atoms with Crippen LogP contribution in [0.1, 0.15) is 10.4 Å². The number of benzene rings is 2. The lowest BCUT2D eigenvalue weighted by atomic mass is 10.1. The van der Waals surface area contributed by atoms with Crippen molar-refractivity contribution in [2.75, 3.05) is 12.9 Å². The van der Waals surface area contributed by atoms with E-state index in [2.05, 4.69) is 0 Å². The quantitative estimate of drug-likeness (QED) is 0.392. The third-order valence-electron chi connectivity index (χ3n) is 2.75. The van der Waals surface area contributed by atoms with Gasteiger partial charge in [-0.25, -0.2) is 0 Å². The first-order chi connectivity index (χ1) is 10.0. The van der Waals surface area contributed by atoms with Gasteiger partial charge in [0.15, 0.2) is 12.4 Å². The highest BCUT2D eigenvalue weighted by Crippen LogP contribution is 2.33. The van der Waals surface area contributed by atoms with Crippen molar-refractivity contribution in [2.24, 2.45) is 0 Å². The van der Waals surface area contributed by atoms with E-state index in [0.717, 1.165) is 4.90 Å². The molecule has 0 unspecified atom stereocenters. The van der Waals surface area contributed by atoms with E-state index >= 15 is 0 Å². The molecular weight excluding hydrogens is 351 g/mol. The number of ether oxygens (including phenoxy) is 1. The zero-order valence-electron chi connectivity index (χ0n) is 11.0. The van der Waals surface area contributed by atoms with E-state index in [9.17, 15) is 4.79 Å². The van der Waals surface area contributed by atoms with E-state index in [0.29, 0.717) is 26.4 Å². The number of ketones is 1. The van der Waals surface area contributed by atoms with Crippen LogP contribution >= 0.6 is 46.6 Å².